The fourth-order valence-corrected chi connectivity index (χ4v) is 5.13. The van der Waals surface area contributed by atoms with Crippen molar-refractivity contribution in [3.8, 4) is 0 Å². The van der Waals surface area contributed by atoms with Gasteiger partial charge >= 0.3 is 12.1 Å². The number of nitrogens with two attached hydrogens (primary N) is 1. The third-order valence-corrected chi connectivity index (χ3v) is 7.71. The number of aromatic amines is 1. The van der Waals surface area contributed by atoms with Crippen LogP contribution in [0.2, 0.25) is 0 Å². The summed E-state index contributed by atoms with van der Waals surface area (Å²) in [6.45, 7) is 7.04. The zero-order chi connectivity index (χ0) is 35.1. The van der Waals surface area contributed by atoms with Gasteiger partial charge in [0.1, 0.15) is 23.7 Å². The van der Waals surface area contributed by atoms with E-state index in [1.54, 1.807) is 33.2 Å². The SMILES string of the molecule is CCCCCC(N)C(=O)NC(=O)[C@H](CC(=O)O)NC(=O)[C@H](CCSC)NC(=O)[C@H](Cc1c[nH]c2ccccc12)NC(=O)OC(C)(C)C. The van der Waals surface area contributed by atoms with Crippen LogP contribution in [0.25, 0.3) is 10.9 Å². The van der Waals surface area contributed by atoms with Crippen molar-refractivity contribution in [3.05, 3.63) is 36.0 Å². The average Bonchev–Trinajstić information content (AvgIpc) is 3.39. The first kappa shape index (κ1) is 39.1. The monoisotopic (exact) mass is 676 g/mol. The third kappa shape index (κ3) is 13.6. The minimum Gasteiger partial charge on any atom is -0.481 e. The van der Waals surface area contributed by atoms with Crippen LogP contribution in [-0.2, 0) is 35.1 Å². The topological polar surface area (TPSA) is 222 Å². The number of aromatic nitrogens is 1. The zero-order valence-corrected chi connectivity index (χ0v) is 28.5. The van der Waals surface area contributed by atoms with Gasteiger partial charge < -0.3 is 36.5 Å². The Morgan fingerprint density at radius 2 is 1.57 bits per heavy atom. The lowest BCUT2D eigenvalue weighted by molar-refractivity contribution is -0.142. The molecular weight excluding hydrogens is 628 g/mol. The highest BCUT2D eigenvalue weighted by Crippen LogP contribution is 2.20. The molecule has 1 unspecified atom stereocenters. The van der Waals surface area contributed by atoms with Crippen LogP contribution in [0.5, 0.6) is 0 Å². The van der Waals surface area contributed by atoms with Crippen molar-refractivity contribution >= 4 is 58.4 Å². The number of H-pyrrole nitrogens is 1. The van der Waals surface area contributed by atoms with Gasteiger partial charge in [-0.15, -0.1) is 0 Å². The molecule has 15 heteroatoms. The largest absolute Gasteiger partial charge is 0.481 e. The molecule has 0 saturated heterocycles. The van der Waals surface area contributed by atoms with Crippen LogP contribution in [-0.4, -0.2) is 87.6 Å². The van der Waals surface area contributed by atoms with Crippen molar-refractivity contribution in [3.63, 3.8) is 0 Å². The van der Waals surface area contributed by atoms with E-state index in [1.165, 1.54) is 11.8 Å². The van der Waals surface area contributed by atoms with Gasteiger partial charge in [-0.2, -0.15) is 11.8 Å². The second-order valence-corrected chi connectivity index (χ2v) is 13.2. The molecule has 2 aromatic rings. The first-order valence-corrected chi connectivity index (χ1v) is 17.0. The van der Waals surface area contributed by atoms with Crippen LogP contribution in [0.4, 0.5) is 4.79 Å². The Balaban J connectivity index is 2.26. The predicted octanol–water partition coefficient (Wildman–Crippen LogP) is 2.35. The van der Waals surface area contributed by atoms with E-state index < -0.39 is 71.9 Å². The van der Waals surface area contributed by atoms with E-state index in [0.29, 0.717) is 18.6 Å². The molecule has 1 heterocycles. The van der Waals surface area contributed by atoms with Crippen LogP contribution in [0.15, 0.2) is 30.5 Å². The second kappa shape index (κ2) is 18.9. The Bertz CT molecular complexity index is 1390. The Hall–Kier alpha value is -4.11. The van der Waals surface area contributed by atoms with Crippen LogP contribution in [0.1, 0.15) is 71.8 Å². The number of alkyl carbamates (subject to hydrolysis) is 1. The van der Waals surface area contributed by atoms with Gasteiger partial charge in [-0.3, -0.25) is 29.3 Å². The number of hydrogen-bond donors (Lipinski definition) is 7. The lowest BCUT2D eigenvalue weighted by Crippen LogP contribution is -2.58. The lowest BCUT2D eigenvalue weighted by atomic mass is 10.0. The normalized spacial score (nSPS) is 13.9. The summed E-state index contributed by atoms with van der Waals surface area (Å²) in [6.07, 6.45) is 4.83. The number of carboxylic acids is 1. The van der Waals surface area contributed by atoms with E-state index in [1.807, 2.05) is 31.2 Å². The molecule has 0 spiro atoms. The van der Waals surface area contributed by atoms with Gasteiger partial charge in [-0.1, -0.05) is 44.4 Å². The van der Waals surface area contributed by atoms with Gasteiger partial charge in [0.15, 0.2) is 0 Å². The molecule has 0 aliphatic carbocycles. The maximum absolute atomic E-state index is 13.7. The van der Waals surface area contributed by atoms with E-state index in [-0.39, 0.29) is 12.8 Å². The van der Waals surface area contributed by atoms with E-state index in [4.69, 9.17) is 10.5 Å². The Labute approximate surface area is 279 Å². The molecular formula is C32H48N6O8S. The third-order valence-electron chi connectivity index (χ3n) is 7.06. The highest BCUT2D eigenvalue weighted by atomic mass is 32.2. The minimum absolute atomic E-state index is 0.0522. The molecule has 5 amide bonds. The van der Waals surface area contributed by atoms with Gasteiger partial charge in [0, 0.05) is 23.5 Å². The molecule has 0 aliphatic rings. The van der Waals surface area contributed by atoms with E-state index in [9.17, 15) is 33.9 Å². The summed E-state index contributed by atoms with van der Waals surface area (Å²) in [4.78, 5) is 80.0. The number of rotatable bonds is 18. The Morgan fingerprint density at radius 3 is 2.21 bits per heavy atom. The summed E-state index contributed by atoms with van der Waals surface area (Å²) in [6, 6.07) is 2.46. The van der Waals surface area contributed by atoms with Crippen molar-refractivity contribution in [2.75, 3.05) is 12.0 Å². The van der Waals surface area contributed by atoms with Crippen molar-refractivity contribution < 1.29 is 38.6 Å². The van der Waals surface area contributed by atoms with Gasteiger partial charge in [0.05, 0.1) is 12.5 Å². The molecule has 0 saturated carbocycles. The molecule has 1 aromatic carbocycles. The van der Waals surface area contributed by atoms with Crippen molar-refractivity contribution in [1.82, 2.24) is 26.3 Å². The van der Waals surface area contributed by atoms with Crippen molar-refractivity contribution in [1.29, 1.82) is 0 Å². The molecule has 260 valence electrons. The maximum atomic E-state index is 13.7. The summed E-state index contributed by atoms with van der Waals surface area (Å²) in [7, 11) is 0. The lowest BCUT2D eigenvalue weighted by Gasteiger charge is -2.26. The zero-order valence-electron chi connectivity index (χ0n) is 27.6. The number of benzene rings is 1. The molecule has 0 bridgehead atoms. The number of fused-ring (bicyclic) bond motifs is 1. The van der Waals surface area contributed by atoms with Crippen molar-refractivity contribution in [2.24, 2.45) is 5.73 Å². The number of para-hydroxylation sites is 1. The fourth-order valence-electron chi connectivity index (χ4n) is 4.66. The number of ether oxygens (including phenoxy) is 1. The number of aliphatic carboxylic acids is 1. The molecule has 2 rings (SSSR count). The second-order valence-electron chi connectivity index (χ2n) is 12.2. The van der Waals surface area contributed by atoms with Crippen LogP contribution in [0, 0.1) is 0 Å². The number of amides is 5. The van der Waals surface area contributed by atoms with E-state index >= 15 is 0 Å². The molecule has 8 N–H and O–H groups in total. The van der Waals surface area contributed by atoms with Crippen LogP contribution >= 0.6 is 11.8 Å². The van der Waals surface area contributed by atoms with Gasteiger partial charge in [-0.05, 0) is 57.3 Å². The van der Waals surface area contributed by atoms with E-state index in [0.717, 1.165) is 29.3 Å². The van der Waals surface area contributed by atoms with Gasteiger partial charge in [0.2, 0.25) is 23.6 Å². The Kier molecular flexibility index (Phi) is 15.7. The first-order valence-electron chi connectivity index (χ1n) is 15.6. The number of carboxylic acid groups (broad SMARTS) is 1. The number of hydrogen-bond acceptors (Lipinski definition) is 9. The number of imide groups is 1. The quantitative estimate of drug-likeness (QED) is 0.114. The molecule has 47 heavy (non-hydrogen) atoms. The Morgan fingerprint density at radius 1 is 0.915 bits per heavy atom. The standard InChI is InChI=1S/C32H48N6O8S/c1-6-7-8-12-21(33)27(41)38-30(44)25(17-26(39)40)36-28(42)23(14-15-47-5)35-29(43)24(37-31(45)46-32(2,3)4)16-19-18-34-22-13-10-9-11-20(19)22/h9-11,13,18,21,23-25,34H,6-8,12,14-17,33H2,1-5H3,(H,35,43)(H,36,42)(H,37,45)(H,39,40)(H,38,41,44)/t21?,23-,24-,25-/m0/s1. The van der Waals surface area contributed by atoms with Gasteiger partial charge in [0.25, 0.3) is 0 Å². The van der Waals surface area contributed by atoms with Crippen molar-refractivity contribution in [2.45, 2.75) is 102 Å². The summed E-state index contributed by atoms with van der Waals surface area (Å²) in [5, 5.41) is 20.0. The molecule has 1 aromatic heterocycles. The average molecular weight is 677 g/mol. The van der Waals surface area contributed by atoms with Crippen LogP contribution in [0.3, 0.4) is 0 Å². The minimum atomic E-state index is -1.62. The number of carbonyl (C=O) groups excluding carboxylic acids is 5. The highest BCUT2D eigenvalue weighted by molar-refractivity contribution is 7.98. The number of thioether (sulfide) groups is 1. The smallest absolute Gasteiger partial charge is 0.408 e. The number of unbranched alkanes of at least 4 members (excludes halogenated alkanes) is 2. The predicted molar refractivity (Wildman–Crippen MR) is 180 cm³/mol. The van der Waals surface area contributed by atoms with Gasteiger partial charge in [-0.25, -0.2) is 4.79 Å². The molecule has 0 aliphatic heterocycles. The molecule has 14 nitrogen and oxygen atoms in total. The van der Waals surface area contributed by atoms with E-state index in [2.05, 4.69) is 26.3 Å². The molecule has 4 atom stereocenters. The van der Waals surface area contributed by atoms with Crippen LogP contribution < -0.4 is 27.0 Å². The summed E-state index contributed by atoms with van der Waals surface area (Å²) >= 11 is 1.40. The molecule has 0 radical (unpaired) electrons. The molecule has 0 fully saturated rings. The number of carbonyl (C=O) groups is 6. The number of nitrogens with one attached hydrogen (secondary N) is 5. The summed E-state index contributed by atoms with van der Waals surface area (Å²) in [5.41, 5.74) is 6.61. The summed E-state index contributed by atoms with van der Waals surface area (Å²) in [5.74, 6) is -4.32. The fraction of sp³-hybridized carbons (Fsp3) is 0.562. The first-order chi connectivity index (χ1) is 22.1. The maximum Gasteiger partial charge on any atom is 0.408 e. The summed E-state index contributed by atoms with van der Waals surface area (Å²) < 4.78 is 5.38. The highest BCUT2D eigenvalue weighted by Gasteiger charge is 2.32.